The first-order valence-electron chi connectivity index (χ1n) is 9.81. The molecule has 0 radical (unpaired) electrons. The van der Waals surface area contributed by atoms with Crippen LogP contribution in [0.15, 0.2) is 30.3 Å². The van der Waals surface area contributed by atoms with Gasteiger partial charge in [0.25, 0.3) is 6.01 Å². The number of halogens is 1. The van der Waals surface area contributed by atoms with Gasteiger partial charge in [0.15, 0.2) is 5.65 Å². The highest BCUT2D eigenvalue weighted by Crippen LogP contribution is 2.31. The van der Waals surface area contributed by atoms with Gasteiger partial charge in [-0.3, -0.25) is 0 Å². The van der Waals surface area contributed by atoms with Crippen molar-refractivity contribution in [1.29, 1.82) is 0 Å². The summed E-state index contributed by atoms with van der Waals surface area (Å²) < 4.78 is 10.9. The Labute approximate surface area is 178 Å². The van der Waals surface area contributed by atoms with E-state index in [1.54, 1.807) is 19.9 Å². The minimum atomic E-state index is -1.04. The molecule has 0 saturated carbocycles. The molecule has 1 aromatic carbocycles. The van der Waals surface area contributed by atoms with E-state index in [0.29, 0.717) is 21.9 Å². The van der Waals surface area contributed by atoms with Gasteiger partial charge in [0.2, 0.25) is 6.10 Å². The molecule has 0 aliphatic carbocycles. The molecule has 0 amide bonds. The smallest absolute Gasteiger partial charge is 0.345 e. The number of hydrogen-bond acceptors (Lipinski definition) is 6. The third-order valence-electron chi connectivity index (χ3n) is 5.01. The number of ether oxygens (including phenoxy) is 2. The van der Waals surface area contributed by atoms with Gasteiger partial charge in [-0.2, -0.15) is 4.98 Å². The number of H-pyrrole nitrogens is 1. The molecule has 158 valence electrons. The molecular weight excluding hydrogens is 408 g/mol. The van der Waals surface area contributed by atoms with Crippen LogP contribution >= 0.6 is 11.6 Å². The average molecular weight is 431 g/mol. The zero-order chi connectivity index (χ0) is 21.3. The average Bonchev–Trinajstić information content (AvgIpc) is 3.13. The van der Waals surface area contributed by atoms with Gasteiger partial charge in [-0.05, 0) is 18.2 Å². The van der Waals surface area contributed by atoms with E-state index in [9.17, 15) is 9.90 Å². The summed E-state index contributed by atoms with van der Waals surface area (Å²) in [6.07, 6.45) is -1.01. The Morgan fingerprint density at radius 3 is 2.57 bits per heavy atom. The zero-order valence-electron chi connectivity index (χ0n) is 16.8. The molecule has 2 N–H and O–H groups in total. The lowest BCUT2D eigenvalue weighted by Gasteiger charge is -2.28. The molecule has 1 unspecified atom stereocenters. The topological polar surface area (TPSA) is 101 Å². The van der Waals surface area contributed by atoms with Crippen LogP contribution < -0.4 is 9.64 Å². The van der Waals surface area contributed by atoms with Crippen LogP contribution in [0.5, 0.6) is 6.01 Å². The van der Waals surface area contributed by atoms with Crippen LogP contribution in [0.3, 0.4) is 0 Å². The predicted molar refractivity (Wildman–Crippen MR) is 114 cm³/mol. The van der Waals surface area contributed by atoms with E-state index in [-0.39, 0.29) is 11.9 Å². The number of pyridine rings is 1. The van der Waals surface area contributed by atoms with E-state index in [1.807, 2.05) is 24.3 Å². The Bertz CT molecular complexity index is 1050. The highest BCUT2D eigenvalue weighted by Gasteiger charge is 2.25. The quantitative estimate of drug-likeness (QED) is 0.616. The molecule has 1 aliphatic heterocycles. The molecule has 3 aromatic rings. The van der Waals surface area contributed by atoms with Gasteiger partial charge in [0.05, 0.1) is 29.4 Å². The highest BCUT2D eigenvalue weighted by molar-refractivity contribution is 6.33. The number of aliphatic carboxylic acids is 1. The lowest BCUT2D eigenvalue weighted by molar-refractivity contribution is -0.147. The standard InChI is InChI=1S/C21H23ClN4O4/c1-12(2)18(20(27)28)30-21-23-16-11-15(22)17(24-19(16)25-21)13-3-5-14(6-4-13)26-7-9-29-10-8-26/h3-6,11-12,18H,7-10H2,1-2H3,(H,27,28)(H,23,24,25). The first-order valence-corrected chi connectivity index (χ1v) is 10.2. The Morgan fingerprint density at radius 2 is 1.93 bits per heavy atom. The SMILES string of the molecule is CC(C)C(Oc1nc2nc(-c3ccc(N4CCOCC4)cc3)c(Cl)cc2[nH]1)C(=O)O. The van der Waals surface area contributed by atoms with Gasteiger partial charge in [-0.25, -0.2) is 9.78 Å². The summed E-state index contributed by atoms with van der Waals surface area (Å²) >= 11 is 6.47. The summed E-state index contributed by atoms with van der Waals surface area (Å²) in [4.78, 5) is 25.5. The fraction of sp³-hybridized carbons (Fsp3) is 0.381. The van der Waals surface area contributed by atoms with E-state index < -0.39 is 12.1 Å². The van der Waals surface area contributed by atoms with Gasteiger partial charge < -0.3 is 24.5 Å². The second kappa shape index (κ2) is 8.49. The van der Waals surface area contributed by atoms with Gasteiger partial charge in [-0.15, -0.1) is 0 Å². The molecule has 1 atom stereocenters. The van der Waals surface area contributed by atoms with Crippen molar-refractivity contribution in [1.82, 2.24) is 15.0 Å². The molecule has 8 nitrogen and oxygen atoms in total. The Kier molecular flexibility index (Phi) is 5.78. The van der Waals surface area contributed by atoms with Crippen molar-refractivity contribution in [3.63, 3.8) is 0 Å². The van der Waals surface area contributed by atoms with Crippen LogP contribution in [-0.4, -0.2) is 58.4 Å². The largest absolute Gasteiger partial charge is 0.478 e. The number of nitrogens with one attached hydrogen (secondary N) is 1. The monoisotopic (exact) mass is 430 g/mol. The predicted octanol–water partition coefficient (Wildman–Crippen LogP) is 3.60. The van der Waals surface area contributed by atoms with E-state index >= 15 is 0 Å². The number of carboxylic acid groups (broad SMARTS) is 1. The number of carbonyl (C=O) groups is 1. The summed E-state index contributed by atoms with van der Waals surface area (Å²) in [5.41, 5.74) is 3.60. The lowest BCUT2D eigenvalue weighted by Crippen LogP contribution is -2.36. The fourth-order valence-electron chi connectivity index (χ4n) is 3.40. The molecular formula is C21H23ClN4O4. The highest BCUT2D eigenvalue weighted by atomic mass is 35.5. The first kappa shape index (κ1) is 20.4. The van der Waals surface area contributed by atoms with Gasteiger partial charge in [0, 0.05) is 30.3 Å². The number of nitrogens with zero attached hydrogens (tertiary/aromatic N) is 3. The molecule has 0 bridgehead atoms. The van der Waals surface area contributed by atoms with Crippen molar-refractivity contribution >= 4 is 34.4 Å². The van der Waals surface area contributed by atoms with E-state index in [0.717, 1.165) is 37.6 Å². The number of rotatable bonds is 6. The zero-order valence-corrected chi connectivity index (χ0v) is 17.5. The van der Waals surface area contributed by atoms with Crippen molar-refractivity contribution in [2.24, 2.45) is 5.92 Å². The van der Waals surface area contributed by atoms with Crippen LogP contribution in [0, 0.1) is 5.92 Å². The van der Waals surface area contributed by atoms with E-state index in [2.05, 4.69) is 19.9 Å². The molecule has 2 aromatic heterocycles. The van der Waals surface area contributed by atoms with Crippen molar-refractivity contribution in [2.75, 3.05) is 31.2 Å². The summed E-state index contributed by atoms with van der Waals surface area (Å²) in [5, 5.41) is 9.79. The molecule has 3 heterocycles. The van der Waals surface area contributed by atoms with E-state index in [1.165, 1.54) is 0 Å². The fourth-order valence-corrected chi connectivity index (χ4v) is 3.66. The Morgan fingerprint density at radius 1 is 1.23 bits per heavy atom. The molecule has 4 rings (SSSR count). The van der Waals surface area contributed by atoms with Crippen molar-refractivity contribution in [3.05, 3.63) is 35.4 Å². The van der Waals surface area contributed by atoms with Crippen LogP contribution in [0.25, 0.3) is 22.4 Å². The Hall–Kier alpha value is -2.84. The van der Waals surface area contributed by atoms with Crippen LogP contribution in [0.2, 0.25) is 5.02 Å². The Balaban J connectivity index is 1.60. The van der Waals surface area contributed by atoms with Crippen LogP contribution in [-0.2, 0) is 9.53 Å². The number of anilines is 1. The molecule has 30 heavy (non-hydrogen) atoms. The molecule has 9 heteroatoms. The van der Waals surface area contributed by atoms with Crippen LogP contribution in [0.1, 0.15) is 13.8 Å². The number of aromatic nitrogens is 3. The van der Waals surface area contributed by atoms with Gasteiger partial charge >= 0.3 is 5.97 Å². The minimum Gasteiger partial charge on any atom is -0.478 e. The molecule has 1 aliphatic rings. The van der Waals surface area contributed by atoms with Crippen molar-refractivity contribution in [2.45, 2.75) is 20.0 Å². The van der Waals surface area contributed by atoms with Crippen molar-refractivity contribution in [3.8, 4) is 17.3 Å². The van der Waals surface area contributed by atoms with E-state index in [4.69, 9.17) is 21.1 Å². The maximum absolute atomic E-state index is 11.4. The normalized spacial score (nSPS) is 15.5. The summed E-state index contributed by atoms with van der Waals surface area (Å²) in [6, 6.07) is 9.88. The number of benzene rings is 1. The third-order valence-corrected chi connectivity index (χ3v) is 5.30. The number of imidazole rings is 1. The van der Waals surface area contributed by atoms with Gasteiger partial charge in [-0.1, -0.05) is 37.6 Å². The second-order valence-electron chi connectivity index (χ2n) is 7.50. The lowest BCUT2D eigenvalue weighted by atomic mass is 10.1. The number of aromatic amines is 1. The molecule has 1 saturated heterocycles. The van der Waals surface area contributed by atoms with Crippen LogP contribution in [0.4, 0.5) is 5.69 Å². The number of morpholine rings is 1. The first-order chi connectivity index (χ1) is 14.4. The maximum atomic E-state index is 11.4. The molecule has 0 spiro atoms. The van der Waals surface area contributed by atoms with Gasteiger partial charge in [0.1, 0.15) is 0 Å². The number of hydrogen-bond donors (Lipinski definition) is 2. The number of fused-ring (bicyclic) bond motifs is 1. The summed E-state index contributed by atoms with van der Waals surface area (Å²) in [5.74, 6) is -1.26. The number of carboxylic acids is 1. The maximum Gasteiger partial charge on any atom is 0.345 e. The summed E-state index contributed by atoms with van der Waals surface area (Å²) in [6.45, 7) is 6.75. The molecule has 1 fully saturated rings. The second-order valence-corrected chi connectivity index (χ2v) is 7.91. The third kappa shape index (κ3) is 4.20. The minimum absolute atomic E-state index is 0.106. The van der Waals surface area contributed by atoms with Crippen molar-refractivity contribution < 1.29 is 19.4 Å². The summed E-state index contributed by atoms with van der Waals surface area (Å²) in [7, 11) is 0.